The van der Waals surface area contributed by atoms with Gasteiger partial charge in [0.1, 0.15) is 0 Å². The van der Waals surface area contributed by atoms with Gasteiger partial charge in [-0.15, -0.1) is 12.4 Å². The topological polar surface area (TPSA) is 64.1 Å². The van der Waals surface area contributed by atoms with Crippen LogP contribution in [0.25, 0.3) is 11.7 Å². The van der Waals surface area contributed by atoms with Gasteiger partial charge in [0, 0.05) is 12.5 Å². The molecular formula is C11H14ClN3O2. The molecule has 1 saturated heterocycles. The number of hydrogen-bond donors (Lipinski definition) is 1. The Bertz CT molecular complexity index is 449. The van der Waals surface area contributed by atoms with E-state index in [1.807, 2.05) is 6.07 Å². The standard InChI is InChI=1S/C11H13N3O2.ClH/c1-3-8(7-12-5-1)10-13-11(16-14-10)9-4-2-6-15-9;/h2,4,6,8,12H,1,3,5,7H2;1H. The molecule has 0 aromatic carbocycles. The second-order valence-electron chi connectivity index (χ2n) is 3.98. The highest BCUT2D eigenvalue weighted by Crippen LogP contribution is 2.24. The molecule has 2 aromatic heterocycles. The van der Waals surface area contributed by atoms with Crippen molar-refractivity contribution in [2.75, 3.05) is 13.1 Å². The van der Waals surface area contributed by atoms with Crippen LogP contribution >= 0.6 is 12.4 Å². The quantitative estimate of drug-likeness (QED) is 0.891. The largest absolute Gasteiger partial charge is 0.459 e. The number of hydrogen-bond acceptors (Lipinski definition) is 5. The van der Waals surface area contributed by atoms with Crippen molar-refractivity contribution in [2.24, 2.45) is 0 Å². The molecule has 1 unspecified atom stereocenters. The van der Waals surface area contributed by atoms with Crippen molar-refractivity contribution in [3.8, 4) is 11.7 Å². The van der Waals surface area contributed by atoms with Gasteiger partial charge in [0.25, 0.3) is 5.89 Å². The van der Waals surface area contributed by atoms with Crippen LogP contribution in [-0.2, 0) is 0 Å². The fourth-order valence-electron chi connectivity index (χ4n) is 1.97. The lowest BCUT2D eigenvalue weighted by Crippen LogP contribution is -2.28. The van der Waals surface area contributed by atoms with E-state index >= 15 is 0 Å². The lowest BCUT2D eigenvalue weighted by Gasteiger charge is -2.19. The zero-order chi connectivity index (χ0) is 10.8. The van der Waals surface area contributed by atoms with Crippen LogP contribution in [0.15, 0.2) is 27.3 Å². The summed E-state index contributed by atoms with van der Waals surface area (Å²) in [6.45, 7) is 2.01. The van der Waals surface area contributed by atoms with Crippen molar-refractivity contribution >= 4 is 12.4 Å². The summed E-state index contributed by atoms with van der Waals surface area (Å²) in [5.74, 6) is 2.23. The van der Waals surface area contributed by atoms with Crippen molar-refractivity contribution in [1.82, 2.24) is 15.5 Å². The third kappa shape index (κ3) is 2.50. The van der Waals surface area contributed by atoms with Crippen LogP contribution < -0.4 is 5.32 Å². The molecule has 0 saturated carbocycles. The number of furan rings is 1. The van der Waals surface area contributed by atoms with Gasteiger partial charge >= 0.3 is 0 Å². The smallest absolute Gasteiger partial charge is 0.293 e. The number of nitrogens with zero attached hydrogens (tertiary/aromatic N) is 2. The first kappa shape index (κ1) is 12.1. The molecule has 3 heterocycles. The second-order valence-corrected chi connectivity index (χ2v) is 3.98. The normalized spacial score (nSPS) is 19.9. The minimum absolute atomic E-state index is 0. The molecule has 1 fully saturated rings. The summed E-state index contributed by atoms with van der Waals surface area (Å²) in [4.78, 5) is 4.36. The van der Waals surface area contributed by atoms with Crippen LogP contribution in [0, 0.1) is 0 Å². The maximum absolute atomic E-state index is 5.21. The van der Waals surface area contributed by atoms with E-state index in [1.54, 1.807) is 12.3 Å². The summed E-state index contributed by atoms with van der Waals surface area (Å²) in [6, 6.07) is 3.62. The van der Waals surface area contributed by atoms with Crippen LogP contribution in [0.5, 0.6) is 0 Å². The first-order valence-electron chi connectivity index (χ1n) is 5.51. The van der Waals surface area contributed by atoms with E-state index in [0.29, 0.717) is 17.6 Å². The number of rotatable bonds is 2. The summed E-state index contributed by atoms with van der Waals surface area (Å²) in [7, 11) is 0. The molecule has 1 atom stereocenters. The third-order valence-electron chi connectivity index (χ3n) is 2.84. The zero-order valence-electron chi connectivity index (χ0n) is 9.26. The molecule has 0 amide bonds. The molecule has 0 spiro atoms. The minimum Gasteiger partial charge on any atom is -0.459 e. The molecule has 5 nitrogen and oxygen atoms in total. The summed E-state index contributed by atoms with van der Waals surface area (Å²) in [6.07, 6.45) is 3.88. The van der Waals surface area contributed by atoms with Crippen molar-refractivity contribution in [3.05, 3.63) is 24.2 Å². The van der Waals surface area contributed by atoms with Gasteiger partial charge in [0.05, 0.1) is 6.26 Å². The number of piperidine rings is 1. The maximum Gasteiger partial charge on any atom is 0.293 e. The Labute approximate surface area is 105 Å². The van der Waals surface area contributed by atoms with Gasteiger partial charge < -0.3 is 14.3 Å². The van der Waals surface area contributed by atoms with Gasteiger partial charge in [0.15, 0.2) is 11.6 Å². The molecule has 0 bridgehead atoms. The van der Waals surface area contributed by atoms with Gasteiger partial charge in [-0.2, -0.15) is 4.98 Å². The van der Waals surface area contributed by atoms with Gasteiger partial charge in [-0.1, -0.05) is 5.16 Å². The second kappa shape index (κ2) is 5.33. The molecule has 0 radical (unpaired) electrons. The van der Waals surface area contributed by atoms with E-state index in [9.17, 15) is 0 Å². The summed E-state index contributed by atoms with van der Waals surface area (Å²) < 4.78 is 10.4. The highest BCUT2D eigenvalue weighted by atomic mass is 35.5. The van der Waals surface area contributed by atoms with Crippen LogP contribution in [0.3, 0.4) is 0 Å². The van der Waals surface area contributed by atoms with E-state index in [0.717, 1.165) is 31.8 Å². The molecule has 0 aliphatic carbocycles. The van der Waals surface area contributed by atoms with E-state index in [4.69, 9.17) is 8.94 Å². The summed E-state index contributed by atoms with van der Waals surface area (Å²) >= 11 is 0. The van der Waals surface area contributed by atoms with E-state index in [1.165, 1.54) is 0 Å². The Balaban J connectivity index is 0.00000108. The lowest BCUT2D eigenvalue weighted by atomic mass is 9.99. The fourth-order valence-corrected chi connectivity index (χ4v) is 1.97. The molecule has 1 aliphatic heterocycles. The third-order valence-corrected chi connectivity index (χ3v) is 2.84. The molecular weight excluding hydrogens is 242 g/mol. The van der Waals surface area contributed by atoms with Crippen LogP contribution in [0.1, 0.15) is 24.6 Å². The van der Waals surface area contributed by atoms with Crippen LogP contribution in [0.4, 0.5) is 0 Å². The summed E-state index contributed by atoms with van der Waals surface area (Å²) in [5.41, 5.74) is 0. The fraction of sp³-hybridized carbons (Fsp3) is 0.455. The first-order chi connectivity index (χ1) is 7.93. The Morgan fingerprint density at radius 2 is 2.35 bits per heavy atom. The summed E-state index contributed by atoms with van der Waals surface area (Å²) in [5, 5.41) is 7.34. The number of halogens is 1. The molecule has 1 aliphatic rings. The Morgan fingerprint density at radius 3 is 3.06 bits per heavy atom. The van der Waals surface area contributed by atoms with Crippen molar-refractivity contribution < 1.29 is 8.94 Å². The molecule has 3 rings (SSSR count). The highest BCUT2D eigenvalue weighted by molar-refractivity contribution is 5.85. The van der Waals surface area contributed by atoms with Crippen molar-refractivity contribution in [3.63, 3.8) is 0 Å². The van der Waals surface area contributed by atoms with Gasteiger partial charge in [-0.25, -0.2) is 0 Å². The maximum atomic E-state index is 5.21. The van der Waals surface area contributed by atoms with Gasteiger partial charge in [-0.3, -0.25) is 0 Å². The van der Waals surface area contributed by atoms with Crippen molar-refractivity contribution in [2.45, 2.75) is 18.8 Å². The lowest BCUT2D eigenvalue weighted by molar-refractivity contribution is 0.387. The van der Waals surface area contributed by atoms with Crippen molar-refractivity contribution in [1.29, 1.82) is 0 Å². The zero-order valence-corrected chi connectivity index (χ0v) is 10.1. The van der Waals surface area contributed by atoms with E-state index in [-0.39, 0.29) is 12.4 Å². The molecule has 2 aromatic rings. The van der Waals surface area contributed by atoms with Gasteiger partial charge in [0.2, 0.25) is 0 Å². The van der Waals surface area contributed by atoms with Crippen LogP contribution in [0.2, 0.25) is 0 Å². The minimum atomic E-state index is 0. The molecule has 17 heavy (non-hydrogen) atoms. The average Bonchev–Trinajstić information content (AvgIpc) is 3.01. The Hall–Kier alpha value is -1.33. The first-order valence-corrected chi connectivity index (χ1v) is 5.51. The monoisotopic (exact) mass is 255 g/mol. The van der Waals surface area contributed by atoms with E-state index in [2.05, 4.69) is 15.5 Å². The predicted molar refractivity (Wildman–Crippen MR) is 64.1 cm³/mol. The number of nitrogens with one attached hydrogen (secondary N) is 1. The number of aromatic nitrogens is 2. The molecule has 6 heteroatoms. The molecule has 92 valence electrons. The molecule has 1 N–H and O–H groups in total. The Morgan fingerprint density at radius 1 is 1.41 bits per heavy atom. The predicted octanol–water partition coefficient (Wildman–Crippen LogP) is 2.22. The Kier molecular flexibility index (Phi) is 3.81. The SMILES string of the molecule is Cl.c1coc(-c2nc(C3CCCNC3)no2)c1. The highest BCUT2D eigenvalue weighted by Gasteiger charge is 2.21. The average molecular weight is 256 g/mol. The van der Waals surface area contributed by atoms with Gasteiger partial charge in [-0.05, 0) is 31.5 Å². The van der Waals surface area contributed by atoms with E-state index < -0.39 is 0 Å². The van der Waals surface area contributed by atoms with Crippen LogP contribution in [-0.4, -0.2) is 23.2 Å².